The minimum Gasteiger partial charge on any atom is -0.465 e. The molecule has 0 unspecified atom stereocenters. The van der Waals surface area contributed by atoms with E-state index in [4.69, 9.17) is 15.2 Å². The molecule has 0 spiro atoms. The van der Waals surface area contributed by atoms with Gasteiger partial charge >= 0.3 is 5.97 Å². The molecule has 3 N–H and O–H groups in total. The van der Waals surface area contributed by atoms with E-state index in [9.17, 15) is 9.59 Å². The highest BCUT2D eigenvalue weighted by atomic mass is 32.2. The molecule has 1 aromatic rings. The average Bonchev–Trinajstić information content (AvgIpc) is 2.94. The highest BCUT2D eigenvalue weighted by molar-refractivity contribution is 8.01. The van der Waals surface area contributed by atoms with Crippen LogP contribution >= 0.6 is 23.1 Å². The molecule has 122 valence electrons. The fourth-order valence-corrected chi connectivity index (χ4v) is 3.37. The highest BCUT2D eigenvalue weighted by Gasteiger charge is 2.36. The second kappa shape index (κ2) is 7.86. The normalized spacial score (nSPS) is 17.0. The largest absolute Gasteiger partial charge is 0.465 e. The van der Waals surface area contributed by atoms with Crippen LogP contribution in [0.25, 0.3) is 0 Å². The molecular formula is C12H18N4O4S2. The van der Waals surface area contributed by atoms with Crippen molar-refractivity contribution in [1.82, 2.24) is 10.2 Å². The summed E-state index contributed by atoms with van der Waals surface area (Å²) in [6.07, 6.45) is 0.949. The van der Waals surface area contributed by atoms with E-state index in [-0.39, 0.29) is 17.6 Å². The molecule has 1 aliphatic rings. The standard InChI is InChI=1S/C12H18N4O4S2/c1-2-20-8(17)7-21-11-16-15-10(22-11)14-9(18)12(13)3-5-19-6-4-12/h2-7,13H2,1H3,(H,14,15,18). The summed E-state index contributed by atoms with van der Waals surface area (Å²) < 4.78 is 10.6. The number of nitrogens with two attached hydrogens (primary N) is 1. The van der Waals surface area contributed by atoms with Crippen molar-refractivity contribution in [1.29, 1.82) is 0 Å². The average molecular weight is 346 g/mol. The van der Waals surface area contributed by atoms with Crippen molar-refractivity contribution < 1.29 is 19.1 Å². The first-order valence-electron chi connectivity index (χ1n) is 6.83. The zero-order valence-electron chi connectivity index (χ0n) is 12.2. The van der Waals surface area contributed by atoms with Crippen molar-refractivity contribution >= 4 is 40.1 Å². The molecule has 0 aliphatic carbocycles. The van der Waals surface area contributed by atoms with Crippen LogP contribution in [0.4, 0.5) is 5.13 Å². The number of hydrogen-bond donors (Lipinski definition) is 2. The van der Waals surface area contributed by atoms with Gasteiger partial charge in [-0.3, -0.25) is 14.9 Å². The maximum atomic E-state index is 12.2. The number of ether oxygens (including phenoxy) is 2. The van der Waals surface area contributed by atoms with Crippen molar-refractivity contribution in [3.63, 3.8) is 0 Å². The molecular weight excluding hydrogens is 328 g/mol. The van der Waals surface area contributed by atoms with Crippen LogP contribution in [0.2, 0.25) is 0 Å². The second-order valence-electron chi connectivity index (χ2n) is 4.69. The lowest BCUT2D eigenvalue weighted by atomic mass is 9.90. The number of nitrogens with one attached hydrogen (secondary N) is 1. The van der Waals surface area contributed by atoms with Gasteiger partial charge in [-0.2, -0.15) is 0 Å². The maximum absolute atomic E-state index is 12.2. The summed E-state index contributed by atoms with van der Waals surface area (Å²) in [5.41, 5.74) is 5.16. The summed E-state index contributed by atoms with van der Waals surface area (Å²) in [6.45, 7) is 3.04. The van der Waals surface area contributed by atoms with E-state index in [1.165, 1.54) is 23.1 Å². The van der Waals surface area contributed by atoms with Crippen LogP contribution in [0.5, 0.6) is 0 Å². The van der Waals surface area contributed by atoms with Crippen molar-refractivity contribution in [2.75, 3.05) is 30.9 Å². The number of aromatic nitrogens is 2. The minimum atomic E-state index is -0.928. The second-order valence-corrected chi connectivity index (χ2v) is 6.89. The number of carbonyl (C=O) groups excluding carboxylic acids is 2. The molecule has 8 nitrogen and oxygen atoms in total. The lowest BCUT2D eigenvalue weighted by Crippen LogP contribution is -2.54. The Kier molecular flexibility index (Phi) is 6.12. The van der Waals surface area contributed by atoms with Gasteiger partial charge in [0.25, 0.3) is 0 Å². The number of rotatable bonds is 6. The molecule has 0 saturated carbocycles. The predicted octanol–water partition coefficient (Wildman–Crippen LogP) is 0.640. The predicted molar refractivity (Wildman–Crippen MR) is 82.9 cm³/mol. The van der Waals surface area contributed by atoms with Gasteiger partial charge in [-0.15, -0.1) is 10.2 Å². The third-order valence-corrected chi connectivity index (χ3v) is 5.03. The number of carbonyl (C=O) groups is 2. The third kappa shape index (κ3) is 4.63. The number of thioether (sulfide) groups is 1. The summed E-state index contributed by atoms with van der Waals surface area (Å²) in [7, 11) is 0. The zero-order valence-corrected chi connectivity index (χ0v) is 13.8. The summed E-state index contributed by atoms with van der Waals surface area (Å²) in [5.74, 6) is -0.431. The molecule has 0 atom stereocenters. The molecule has 1 aliphatic heterocycles. The first-order chi connectivity index (χ1) is 10.5. The zero-order chi connectivity index (χ0) is 16.0. The summed E-state index contributed by atoms with van der Waals surface area (Å²) in [4.78, 5) is 23.5. The minimum absolute atomic E-state index is 0.161. The molecule has 22 heavy (non-hydrogen) atoms. The SMILES string of the molecule is CCOC(=O)CSc1nnc(NC(=O)C2(N)CCOCC2)s1. The van der Waals surface area contributed by atoms with E-state index in [2.05, 4.69) is 15.5 Å². The summed E-state index contributed by atoms with van der Waals surface area (Å²) in [6, 6.07) is 0. The molecule has 2 rings (SSSR count). The molecule has 0 aromatic carbocycles. The summed E-state index contributed by atoms with van der Waals surface area (Å²) in [5, 5.41) is 10.8. The molecule has 1 saturated heterocycles. The van der Waals surface area contributed by atoms with E-state index < -0.39 is 5.54 Å². The molecule has 0 bridgehead atoms. The number of amides is 1. The van der Waals surface area contributed by atoms with Crippen LogP contribution < -0.4 is 11.1 Å². The Bertz CT molecular complexity index is 531. The fraction of sp³-hybridized carbons (Fsp3) is 0.667. The van der Waals surface area contributed by atoms with E-state index in [1.807, 2.05) is 0 Å². The lowest BCUT2D eigenvalue weighted by molar-refractivity contribution is -0.139. The van der Waals surface area contributed by atoms with Crippen molar-refractivity contribution in [2.24, 2.45) is 5.73 Å². The quantitative estimate of drug-likeness (QED) is 0.438. The number of nitrogens with zero attached hydrogens (tertiary/aromatic N) is 2. The van der Waals surface area contributed by atoms with Crippen LogP contribution in [-0.2, 0) is 19.1 Å². The Morgan fingerprint density at radius 1 is 1.45 bits per heavy atom. The Morgan fingerprint density at radius 3 is 2.86 bits per heavy atom. The molecule has 2 heterocycles. The van der Waals surface area contributed by atoms with Crippen LogP contribution in [0, 0.1) is 0 Å². The van der Waals surface area contributed by atoms with Gasteiger partial charge < -0.3 is 15.2 Å². The van der Waals surface area contributed by atoms with Crippen LogP contribution in [0.1, 0.15) is 19.8 Å². The Hall–Kier alpha value is -1.23. The fourth-order valence-electron chi connectivity index (χ4n) is 1.83. The number of anilines is 1. The first kappa shape index (κ1) is 17.1. The van der Waals surface area contributed by atoms with Crippen LogP contribution in [0.15, 0.2) is 4.34 Å². The van der Waals surface area contributed by atoms with Crippen molar-refractivity contribution in [2.45, 2.75) is 29.6 Å². The third-order valence-electron chi connectivity index (χ3n) is 3.08. The Labute approximate surface area is 136 Å². The Morgan fingerprint density at radius 2 is 2.18 bits per heavy atom. The van der Waals surface area contributed by atoms with Gasteiger partial charge in [-0.05, 0) is 19.8 Å². The van der Waals surface area contributed by atoms with E-state index in [0.717, 1.165) is 0 Å². The highest BCUT2D eigenvalue weighted by Crippen LogP contribution is 2.27. The number of esters is 1. The maximum Gasteiger partial charge on any atom is 0.316 e. The molecule has 1 amide bonds. The van der Waals surface area contributed by atoms with Gasteiger partial charge in [0.05, 0.1) is 12.4 Å². The number of hydrogen-bond acceptors (Lipinski definition) is 9. The van der Waals surface area contributed by atoms with Crippen LogP contribution in [0.3, 0.4) is 0 Å². The monoisotopic (exact) mass is 346 g/mol. The van der Waals surface area contributed by atoms with Gasteiger partial charge in [-0.1, -0.05) is 23.1 Å². The van der Waals surface area contributed by atoms with Crippen molar-refractivity contribution in [3.05, 3.63) is 0 Å². The van der Waals surface area contributed by atoms with Crippen LogP contribution in [-0.4, -0.2) is 53.2 Å². The topological polar surface area (TPSA) is 116 Å². The van der Waals surface area contributed by atoms with E-state index in [1.54, 1.807) is 6.92 Å². The molecule has 1 aromatic heterocycles. The first-order valence-corrected chi connectivity index (χ1v) is 8.64. The lowest BCUT2D eigenvalue weighted by Gasteiger charge is -2.31. The summed E-state index contributed by atoms with van der Waals surface area (Å²) >= 11 is 2.42. The Balaban J connectivity index is 1.86. The van der Waals surface area contributed by atoms with Crippen molar-refractivity contribution in [3.8, 4) is 0 Å². The van der Waals surface area contributed by atoms with E-state index in [0.29, 0.717) is 42.1 Å². The molecule has 1 fully saturated rings. The molecule has 0 radical (unpaired) electrons. The smallest absolute Gasteiger partial charge is 0.316 e. The van der Waals surface area contributed by atoms with E-state index >= 15 is 0 Å². The molecule has 10 heteroatoms. The van der Waals surface area contributed by atoms with Gasteiger partial charge in [-0.25, -0.2) is 0 Å². The van der Waals surface area contributed by atoms with Gasteiger partial charge in [0.1, 0.15) is 5.54 Å². The van der Waals surface area contributed by atoms with Gasteiger partial charge in [0, 0.05) is 13.2 Å². The van der Waals surface area contributed by atoms with Gasteiger partial charge in [0.2, 0.25) is 11.0 Å². The van der Waals surface area contributed by atoms with Gasteiger partial charge in [0.15, 0.2) is 4.34 Å².